The highest BCUT2D eigenvalue weighted by molar-refractivity contribution is 5.75. The van der Waals surface area contributed by atoms with E-state index in [4.69, 9.17) is 4.74 Å². The number of carbonyl (C=O) groups is 1. The minimum atomic E-state index is 0.262. The van der Waals surface area contributed by atoms with Crippen LogP contribution in [0.2, 0.25) is 0 Å². The van der Waals surface area contributed by atoms with Gasteiger partial charge in [0, 0.05) is 55.1 Å². The van der Waals surface area contributed by atoms with Crippen molar-refractivity contribution in [2.45, 2.75) is 0 Å². The summed E-state index contributed by atoms with van der Waals surface area (Å²) in [4.78, 5) is 19.4. The smallest absolute Gasteiger partial charge is 0.209 e. The fraction of sp³-hybridized carbons (Fsp3) is 0.300. The maximum Gasteiger partial charge on any atom is 0.209 e. The second-order valence-electron chi connectivity index (χ2n) is 7.53. The molecular weight excluding hydrogens is 356 g/mol. The summed E-state index contributed by atoms with van der Waals surface area (Å²) < 4.78 is 7.13. The molecule has 0 N–H and O–H groups in total. The van der Waals surface area contributed by atoms with Gasteiger partial charge in [-0.2, -0.15) is 10.4 Å². The second kappa shape index (κ2) is 5.96. The molecule has 2 fully saturated rings. The van der Waals surface area contributed by atoms with Gasteiger partial charge in [-0.3, -0.25) is 4.79 Å². The molecule has 1 amide bonds. The lowest BCUT2D eigenvalue weighted by Crippen LogP contribution is -2.72. The quantitative estimate of drug-likeness (QED) is 0.644. The minimum Gasteiger partial charge on any atom is -0.494 e. The predicted molar refractivity (Wildman–Crippen MR) is 102 cm³/mol. The summed E-state index contributed by atoms with van der Waals surface area (Å²) in [6.45, 7) is 3.57. The summed E-state index contributed by atoms with van der Waals surface area (Å²) in [6.07, 6.45) is 6.17. The number of nitrogens with zero attached hydrogens (tertiary/aromatic N) is 6. The summed E-state index contributed by atoms with van der Waals surface area (Å²) in [5.74, 6) is 1.54. The van der Waals surface area contributed by atoms with Crippen LogP contribution in [-0.4, -0.2) is 59.2 Å². The average molecular weight is 374 g/mol. The van der Waals surface area contributed by atoms with Crippen molar-refractivity contribution >= 4 is 17.7 Å². The number of ether oxygens (including phenoxy) is 1. The number of aromatic nitrogens is 3. The summed E-state index contributed by atoms with van der Waals surface area (Å²) in [5, 5.41) is 13.5. The molecule has 0 aliphatic carbocycles. The maximum absolute atomic E-state index is 10.8. The van der Waals surface area contributed by atoms with Gasteiger partial charge in [-0.25, -0.2) is 9.50 Å². The number of pyridine rings is 2. The predicted octanol–water partition coefficient (Wildman–Crippen LogP) is 1.55. The Morgan fingerprint density at radius 1 is 1.21 bits per heavy atom. The first-order chi connectivity index (χ1) is 13.6. The van der Waals surface area contributed by atoms with Gasteiger partial charge in [0.1, 0.15) is 28.7 Å². The largest absolute Gasteiger partial charge is 0.494 e. The Hall–Kier alpha value is -3.60. The molecule has 28 heavy (non-hydrogen) atoms. The van der Waals surface area contributed by atoms with Gasteiger partial charge in [0.05, 0.1) is 13.3 Å². The van der Waals surface area contributed by atoms with Crippen LogP contribution in [0.5, 0.6) is 5.75 Å². The molecule has 0 saturated carbocycles. The van der Waals surface area contributed by atoms with Crippen LogP contribution < -0.4 is 9.64 Å². The third-order valence-corrected chi connectivity index (χ3v) is 5.60. The van der Waals surface area contributed by atoms with Crippen molar-refractivity contribution in [3.8, 4) is 22.9 Å². The third-order valence-electron chi connectivity index (χ3n) is 5.60. The molecule has 0 aromatic carbocycles. The average Bonchev–Trinajstić information content (AvgIpc) is 3.09. The van der Waals surface area contributed by atoms with E-state index in [1.54, 1.807) is 11.6 Å². The monoisotopic (exact) mass is 374 g/mol. The number of methoxy groups -OCH3 is 1. The Bertz CT molecular complexity index is 1100. The van der Waals surface area contributed by atoms with Crippen molar-refractivity contribution in [3.05, 3.63) is 42.4 Å². The van der Waals surface area contributed by atoms with Gasteiger partial charge in [-0.05, 0) is 18.2 Å². The molecule has 3 aromatic heterocycles. The Kier molecular flexibility index (Phi) is 3.52. The lowest BCUT2D eigenvalue weighted by atomic mass is 9.73. The number of rotatable bonds is 4. The number of nitriles is 1. The SMILES string of the molecule is COc1cc(-c2ccc(N3CC4(CN(C=O)C4)C3)nc2)cn2ncc(C#N)c12. The van der Waals surface area contributed by atoms with Crippen molar-refractivity contribution < 1.29 is 9.53 Å². The van der Waals surface area contributed by atoms with Crippen molar-refractivity contribution in [1.29, 1.82) is 5.26 Å². The van der Waals surface area contributed by atoms with Crippen LogP contribution in [0.25, 0.3) is 16.6 Å². The van der Waals surface area contributed by atoms with Crippen LogP contribution in [-0.2, 0) is 4.79 Å². The molecule has 5 heterocycles. The van der Waals surface area contributed by atoms with Gasteiger partial charge < -0.3 is 14.5 Å². The third kappa shape index (κ3) is 2.40. The number of hydrogen-bond donors (Lipinski definition) is 0. The fourth-order valence-electron chi connectivity index (χ4n) is 4.24. The summed E-state index contributed by atoms with van der Waals surface area (Å²) in [6, 6.07) is 8.08. The van der Waals surface area contributed by atoms with Crippen molar-refractivity contribution in [3.63, 3.8) is 0 Å². The van der Waals surface area contributed by atoms with Crippen molar-refractivity contribution in [2.24, 2.45) is 5.41 Å². The van der Waals surface area contributed by atoms with Gasteiger partial charge >= 0.3 is 0 Å². The van der Waals surface area contributed by atoms with Crippen LogP contribution in [0.15, 0.2) is 36.8 Å². The van der Waals surface area contributed by atoms with E-state index in [0.717, 1.165) is 49.5 Å². The van der Waals surface area contributed by atoms with E-state index in [1.807, 2.05) is 35.5 Å². The zero-order valence-corrected chi connectivity index (χ0v) is 15.4. The Morgan fingerprint density at radius 2 is 2.04 bits per heavy atom. The van der Waals surface area contributed by atoms with E-state index in [-0.39, 0.29) is 5.41 Å². The molecule has 2 saturated heterocycles. The van der Waals surface area contributed by atoms with Crippen LogP contribution >= 0.6 is 0 Å². The van der Waals surface area contributed by atoms with Crippen LogP contribution in [0.3, 0.4) is 0 Å². The number of anilines is 1. The summed E-state index contributed by atoms with van der Waals surface area (Å²) in [5.41, 5.74) is 3.26. The molecule has 140 valence electrons. The molecule has 0 atom stereocenters. The van der Waals surface area contributed by atoms with Gasteiger partial charge in [0.25, 0.3) is 0 Å². The fourth-order valence-corrected chi connectivity index (χ4v) is 4.24. The van der Waals surface area contributed by atoms with E-state index < -0.39 is 0 Å². The highest BCUT2D eigenvalue weighted by Crippen LogP contribution is 2.41. The molecule has 2 aliphatic rings. The maximum atomic E-state index is 10.8. The van der Waals surface area contributed by atoms with Crippen LogP contribution in [0.4, 0.5) is 5.82 Å². The molecular formula is C20H18N6O2. The highest BCUT2D eigenvalue weighted by Gasteiger charge is 2.51. The number of likely N-dealkylation sites (tertiary alicyclic amines) is 1. The standard InChI is InChI=1S/C20H18N6O2/c1-28-17-4-15(8-26-19(17)16(5-21)7-23-26)14-2-3-18(22-6-14)25-11-20(12-25)9-24(10-20)13-27/h2-4,6-8,13H,9-12H2,1H3. The zero-order valence-electron chi connectivity index (χ0n) is 15.4. The molecule has 0 radical (unpaired) electrons. The lowest BCUT2D eigenvalue weighted by Gasteiger charge is -2.59. The number of carbonyl (C=O) groups excluding carboxylic acids is 1. The summed E-state index contributed by atoms with van der Waals surface area (Å²) in [7, 11) is 1.58. The Morgan fingerprint density at radius 3 is 2.68 bits per heavy atom. The number of hydrogen-bond acceptors (Lipinski definition) is 6. The molecule has 8 nitrogen and oxygen atoms in total. The van der Waals surface area contributed by atoms with E-state index in [1.165, 1.54) is 6.20 Å². The Balaban J connectivity index is 1.38. The van der Waals surface area contributed by atoms with Gasteiger partial charge in [0.15, 0.2) is 0 Å². The Labute approximate surface area is 161 Å². The van der Waals surface area contributed by atoms with E-state index in [2.05, 4.69) is 21.1 Å². The highest BCUT2D eigenvalue weighted by atomic mass is 16.5. The van der Waals surface area contributed by atoms with Crippen molar-refractivity contribution in [1.82, 2.24) is 19.5 Å². The first kappa shape index (κ1) is 16.6. The first-order valence-corrected chi connectivity index (χ1v) is 9.01. The molecule has 5 rings (SSSR count). The van der Waals surface area contributed by atoms with Gasteiger partial charge in [0.2, 0.25) is 6.41 Å². The minimum absolute atomic E-state index is 0.262. The molecule has 8 heteroatoms. The summed E-state index contributed by atoms with van der Waals surface area (Å²) >= 11 is 0. The molecule has 0 unspecified atom stereocenters. The van der Waals surface area contributed by atoms with Crippen LogP contribution in [0.1, 0.15) is 5.56 Å². The van der Waals surface area contributed by atoms with E-state index in [9.17, 15) is 10.1 Å². The lowest BCUT2D eigenvalue weighted by molar-refractivity contribution is -0.130. The molecule has 1 spiro atoms. The molecule has 3 aromatic rings. The second-order valence-corrected chi connectivity index (χ2v) is 7.53. The number of fused-ring (bicyclic) bond motifs is 1. The normalized spacial score (nSPS) is 17.1. The topological polar surface area (TPSA) is 86.8 Å². The molecule has 0 bridgehead atoms. The molecule has 2 aliphatic heterocycles. The number of amides is 1. The van der Waals surface area contributed by atoms with Crippen molar-refractivity contribution in [2.75, 3.05) is 38.2 Å². The van der Waals surface area contributed by atoms with E-state index >= 15 is 0 Å². The first-order valence-electron chi connectivity index (χ1n) is 9.01. The van der Waals surface area contributed by atoms with Gasteiger partial charge in [-0.15, -0.1) is 0 Å². The van der Waals surface area contributed by atoms with Gasteiger partial charge in [-0.1, -0.05) is 0 Å². The van der Waals surface area contributed by atoms with E-state index in [0.29, 0.717) is 16.8 Å². The zero-order chi connectivity index (χ0) is 19.3. The van der Waals surface area contributed by atoms with Crippen LogP contribution in [0, 0.1) is 16.7 Å².